The molecule has 0 spiro atoms. The van der Waals surface area contributed by atoms with Gasteiger partial charge in [0.05, 0.1) is 5.56 Å². The molecule has 1 aliphatic rings. The summed E-state index contributed by atoms with van der Waals surface area (Å²) in [5, 5.41) is 0. The molecule has 0 radical (unpaired) electrons. The minimum absolute atomic E-state index is 0.182. The smallest absolute Gasteiger partial charge is 0.324 e. The Bertz CT molecular complexity index is 455. The van der Waals surface area contributed by atoms with Crippen LogP contribution in [-0.4, -0.2) is 0 Å². The van der Waals surface area contributed by atoms with E-state index in [-0.39, 0.29) is 5.92 Å². The normalized spacial score (nSPS) is 25.6. The Balaban J connectivity index is 2.26. The Morgan fingerprint density at radius 2 is 1.95 bits per heavy atom. The molecular formula is C14H17F4N. The third-order valence-electron chi connectivity index (χ3n) is 3.92. The molecule has 1 aliphatic carbocycles. The SMILES string of the molecule is CC1CCC(C(N)c2ccc(F)c(C(F)(F)F)c2)C1. The summed E-state index contributed by atoms with van der Waals surface area (Å²) in [5.41, 5.74) is 5.17. The van der Waals surface area contributed by atoms with Gasteiger partial charge in [0, 0.05) is 6.04 Å². The monoisotopic (exact) mass is 275 g/mol. The highest BCUT2D eigenvalue weighted by molar-refractivity contribution is 5.29. The van der Waals surface area contributed by atoms with E-state index < -0.39 is 23.6 Å². The van der Waals surface area contributed by atoms with Gasteiger partial charge in [0.15, 0.2) is 0 Å². The third-order valence-corrected chi connectivity index (χ3v) is 3.92. The van der Waals surface area contributed by atoms with Crippen molar-refractivity contribution in [2.24, 2.45) is 17.6 Å². The van der Waals surface area contributed by atoms with Gasteiger partial charge in [-0.05, 0) is 42.4 Å². The largest absolute Gasteiger partial charge is 0.419 e. The Morgan fingerprint density at radius 3 is 2.47 bits per heavy atom. The van der Waals surface area contributed by atoms with Gasteiger partial charge in [-0.25, -0.2) is 4.39 Å². The van der Waals surface area contributed by atoms with Crippen LogP contribution in [0.25, 0.3) is 0 Å². The second-order valence-corrected chi connectivity index (χ2v) is 5.44. The average Bonchev–Trinajstić information content (AvgIpc) is 2.74. The number of rotatable bonds is 2. The fraction of sp³-hybridized carbons (Fsp3) is 0.571. The maximum atomic E-state index is 13.2. The molecule has 1 nitrogen and oxygen atoms in total. The van der Waals surface area contributed by atoms with Gasteiger partial charge in [-0.3, -0.25) is 0 Å². The van der Waals surface area contributed by atoms with Gasteiger partial charge in [-0.15, -0.1) is 0 Å². The molecule has 1 aromatic rings. The second-order valence-electron chi connectivity index (χ2n) is 5.44. The molecule has 1 fully saturated rings. The van der Waals surface area contributed by atoms with E-state index in [1.54, 1.807) is 0 Å². The van der Waals surface area contributed by atoms with Gasteiger partial charge in [0.25, 0.3) is 0 Å². The van der Waals surface area contributed by atoms with E-state index in [0.29, 0.717) is 11.5 Å². The Labute approximate surface area is 109 Å². The average molecular weight is 275 g/mol. The summed E-state index contributed by atoms with van der Waals surface area (Å²) in [4.78, 5) is 0. The fourth-order valence-electron chi connectivity index (χ4n) is 2.82. The number of benzene rings is 1. The molecule has 2 rings (SSSR count). The topological polar surface area (TPSA) is 26.0 Å². The molecule has 0 aliphatic heterocycles. The summed E-state index contributed by atoms with van der Waals surface area (Å²) in [7, 11) is 0. The van der Waals surface area contributed by atoms with Gasteiger partial charge >= 0.3 is 6.18 Å². The molecule has 2 N–H and O–H groups in total. The van der Waals surface area contributed by atoms with E-state index in [0.717, 1.165) is 31.4 Å². The highest BCUT2D eigenvalue weighted by atomic mass is 19.4. The predicted octanol–water partition coefficient (Wildman–Crippen LogP) is 4.28. The van der Waals surface area contributed by atoms with E-state index in [9.17, 15) is 17.6 Å². The van der Waals surface area contributed by atoms with E-state index in [1.165, 1.54) is 6.07 Å². The van der Waals surface area contributed by atoms with Crippen molar-refractivity contribution in [1.82, 2.24) is 0 Å². The standard InChI is InChI=1S/C14H17F4N/c1-8-2-3-9(6-8)13(19)10-4-5-12(15)11(7-10)14(16,17)18/h4-5,7-9,13H,2-3,6,19H2,1H3. The van der Waals surface area contributed by atoms with Crippen molar-refractivity contribution < 1.29 is 17.6 Å². The first kappa shape index (κ1) is 14.3. The lowest BCUT2D eigenvalue weighted by atomic mass is 9.91. The van der Waals surface area contributed by atoms with Crippen molar-refractivity contribution in [1.29, 1.82) is 0 Å². The van der Waals surface area contributed by atoms with Crippen LogP contribution in [0.5, 0.6) is 0 Å². The van der Waals surface area contributed by atoms with Gasteiger partial charge < -0.3 is 5.73 Å². The van der Waals surface area contributed by atoms with Crippen molar-refractivity contribution in [3.8, 4) is 0 Å². The van der Waals surface area contributed by atoms with Crippen LogP contribution in [0.1, 0.15) is 43.4 Å². The summed E-state index contributed by atoms with van der Waals surface area (Å²) in [5.74, 6) is -0.511. The molecule has 0 saturated heterocycles. The zero-order valence-electron chi connectivity index (χ0n) is 10.7. The summed E-state index contributed by atoms with van der Waals surface area (Å²) < 4.78 is 51.2. The van der Waals surface area contributed by atoms with Crippen LogP contribution in [0.15, 0.2) is 18.2 Å². The molecule has 1 aromatic carbocycles. The van der Waals surface area contributed by atoms with Crippen LogP contribution in [-0.2, 0) is 6.18 Å². The highest BCUT2D eigenvalue weighted by Crippen LogP contribution is 2.39. The number of halogens is 4. The maximum Gasteiger partial charge on any atom is 0.419 e. The third kappa shape index (κ3) is 3.08. The first-order chi connectivity index (χ1) is 8.79. The lowest BCUT2D eigenvalue weighted by Crippen LogP contribution is -2.20. The van der Waals surface area contributed by atoms with E-state index in [2.05, 4.69) is 6.92 Å². The van der Waals surface area contributed by atoms with Crippen molar-refractivity contribution in [3.05, 3.63) is 35.1 Å². The molecule has 1 saturated carbocycles. The molecule has 0 heterocycles. The van der Waals surface area contributed by atoms with Crippen LogP contribution in [0.3, 0.4) is 0 Å². The lowest BCUT2D eigenvalue weighted by molar-refractivity contribution is -0.140. The van der Waals surface area contributed by atoms with E-state index >= 15 is 0 Å². The van der Waals surface area contributed by atoms with Crippen molar-refractivity contribution >= 4 is 0 Å². The van der Waals surface area contributed by atoms with Gasteiger partial charge in [0.2, 0.25) is 0 Å². The van der Waals surface area contributed by atoms with Crippen molar-refractivity contribution in [2.75, 3.05) is 0 Å². The minimum atomic E-state index is -4.68. The molecule has 0 aromatic heterocycles. The summed E-state index contributed by atoms with van der Waals surface area (Å²) >= 11 is 0. The summed E-state index contributed by atoms with van der Waals surface area (Å²) in [6.07, 6.45) is -1.80. The summed E-state index contributed by atoms with van der Waals surface area (Å²) in [6, 6.07) is 2.61. The van der Waals surface area contributed by atoms with E-state index in [1.807, 2.05) is 0 Å². The van der Waals surface area contributed by atoms with Gasteiger partial charge in [0.1, 0.15) is 5.82 Å². The second kappa shape index (κ2) is 5.12. The highest BCUT2D eigenvalue weighted by Gasteiger charge is 2.35. The minimum Gasteiger partial charge on any atom is -0.324 e. The van der Waals surface area contributed by atoms with Crippen molar-refractivity contribution in [2.45, 2.75) is 38.4 Å². The molecule has 3 atom stereocenters. The predicted molar refractivity (Wildman–Crippen MR) is 64.8 cm³/mol. The number of nitrogens with two attached hydrogens (primary N) is 1. The first-order valence-electron chi connectivity index (χ1n) is 6.41. The quantitative estimate of drug-likeness (QED) is 0.801. The molecule has 106 valence electrons. The number of alkyl halides is 3. The van der Waals surface area contributed by atoms with Crippen LogP contribution in [0, 0.1) is 17.7 Å². The first-order valence-corrected chi connectivity index (χ1v) is 6.41. The molecular weight excluding hydrogens is 258 g/mol. The van der Waals surface area contributed by atoms with Crippen molar-refractivity contribution in [3.63, 3.8) is 0 Å². The lowest BCUT2D eigenvalue weighted by Gasteiger charge is -2.21. The van der Waals surface area contributed by atoms with Gasteiger partial charge in [-0.2, -0.15) is 13.2 Å². The van der Waals surface area contributed by atoms with Crippen LogP contribution in [0.4, 0.5) is 17.6 Å². The van der Waals surface area contributed by atoms with Crippen LogP contribution in [0.2, 0.25) is 0 Å². The Kier molecular flexibility index (Phi) is 3.85. The zero-order chi connectivity index (χ0) is 14.2. The number of hydrogen-bond donors (Lipinski definition) is 1. The van der Waals surface area contributed by atoms with E-state index in [4.69, 9.17) is 5.73 Å². The molecule has 19 heavy (non-hydrogen) atoms. The molecule has 0 amide bonds. The van der Waals surface area contributed by atoms with Crippen LogP contribution < -0.4 is 5.73 Å². The van der Waals surface area contributed by atoms with Gasteiger partial charge in [-0.1, -0.05) is 19.4 Å². The summed E-state index contributed by atoms with van der Waals surface area (Å²) in [6.45, 7) is 2.11. The Morgan fingerprint density at radius 1 is 1.26 bits per heavy atom. The molecule has 5 heteroatoms. The van der Waals surface area contributed by atoms with Crippen LogP contribution >= 0.6 is 0 Å². The molecule has 3 unspecified atom stereocenters. The fourth-order valence-corrected chi connectivity index (χ4v) is 2.82. The maximum absolute atomic E-state index is 13.2. The zero-order valence-corrected chi connectivity index (χ0v) is 10.7. The molecule has 0 bridgehead atoms. The Hall–Kier alpha value is -1.10. The number of hydrogen-bond acceptors (Lipinski definition) is 1.